The summed E-state index contributed by atoms with van der Waals surface area (Å²) < 4.78 is 11.6. The van der Waals surface area contributed by atoms with E-state index in [1.807, 2.05) is 6.20 Å². The summed E-state index contributed by atoms with van der Waals surface area (Å²) in [7, 11) is 0. The summed E-state index contributed by atoms with van der Waals surface area (Å²) in [5, 5.41) is 2.38. The quantitative estimate of drug-likeness (QED) is 0.805. The lowest BCUT2D eigenvalue weighted by molar-refractivity contribution is 0.297. The second-order valence-electron chi connectivity index (χ2n) is 6.30. The number of ether oxygens (including phenoxy) is 2. The lowest BCUT2D eigenvalue weighted by atomic mass is 9.90. The smallest absolute Gasteiger partial charge is 0.161 e. The summed E-state index contributed by atoms with van der Waals surface area (Å²) in [5.74, 6) is 2.56. The number of pyridine rings is 1. The van der Waals surface area contributed by atoms with Gasteiger partial charge in [0.2, 0.25) is 0 Å². The third-order valence-corrected chi connectivity index (χ3v) is 3.95. The molecule has 0 atom stereocenters. The summed E-state index contributed by atoms with van der Waals surface area (Å²) in [4.78, 5) is 4.70. The van der Waals surface area contributed by atoms with E-state index in [9.17, 15) is 0 Å². The molecule has 112 valence electrons. The molecule has 0 saturated heterocycles. The molecule has 3 heteroatoms. The number of rotatable bonds is 2. The molecule has 1 aliphatic heterocycles. The average Bonchev–Trinajstić information content (AvgIpc) is 2.67. The molecule has 0 amide bonds. The second-order valence-corrected chi connectivity index (χ2v) is 6.30. The Morgan fingerprint density at radius 2 is 1.62 bits per heavy atom. The first-order chi connectivity index (χ1) is 10.1. The molecule has 1 aliphatic rings. The number of benzene rings is 1. The van der Waals surface area contributed by atoms with Crippen LogP contribution in [0.2, 0.25) is 0 Å². The van der Waals surface area contributed by atoms with Gasteiger partial charge in [-0.2, -0.15) is 0 Å². The first-order valence-electron chi connectivity index (χ1n) is 7.80. The van der Waals surface area contributed by atoms with E-state index in [2.05, 4.69) is 39.8 Å². The van der Waals surface area contributed by atoms with Crippen molar-refractivity contribution in [2.45, 2.75) is 46.0 Å². The van der Waals surface area contributed by atoms with Crippen LogP contribution in [0.25, 0.3) is 10.8 Å². The maximum absolute atomic E-state index is 5.85. The summed E-state index contributed by atoms with van der Waals surface area (Å²) >= 11 is 0. The topological polar surface area (TPSA) is 31.4 Å². The molecule has 1 aromatic heterocycles. The molecule has 0 spiro atoms. The minimum absolute atomic E-state index is 0.419. The van der Waals surface area contributed by atoms with Gasteiger partial charge in [0, 0.05) is 23.7 Å². The van der Waals surface area contributed by atoms with Crippen molar-refractivity contribution >= 4 is 10.8 Å². The van der Waals surface area contributed by atoms with Gasteiger partial charge in [-0.15, -0.1) is 0 Å². The Labute approximate surface area is 126 Å². The lowest BCUT2D eigenvalue weighted by Gasteiger charge is -2.19. The van der Waals surface area contributed by atoms with E-state index in [1.165, 1.54) is 16.6 Å². The number of nitrogens with zero attached hydrogens (tertiary/aromatic N) is 1. The molecular formula is C18H23NO2. The van der Waals surface area contributed by atoms with E-state index in [-0.39, 0.29) is 0 Å². The fourth-order valence-electron chi connectivity index (χ4n) is 2.98. The first-order valence-corrected chi connectivity index (χ1v) is 7.80. The van der Waals surface area contributed by atoms with Crippen LogP contribution in [0.15, 0.2) is 18.3 Å². The average molecular weight is 285 g/mol. The van der Waals surface area contributed by atoms with Crippen molar-refractivity contribution in [3.63, 3.8) is 0 Å². The van der Waals surface area contributed by atoms with E-state index in [1.54, 1.807) is 0 Å². The normalized spacial score (nSPS) is 14.8. The summed E-state index contributed by atoms with van der Waals surface area (Å²) in [6, 6.07) is 4.21. The molecular weight excluding hydrogens is 262 g/mol. The van der Waals surface area contributed by atoms with Crippen LogP contribution in [0.3, 0.4) is 0 Å². The molecule has 21 heavy (non-hydrogen) atoms. The summed E-state index contributed by atoms with van der Waals surface area (Å²) in [5.41, 5.74) is 2.52. The van der Waals surface area contributed by atoms with Crippen LogP contribution >= 0.6 is 0 Å². The van der Waals surface area contributed by atoms with Gasteiger partial charge in [-0.1, -0.05) is 27.7 Å². The number of aromatic nitrogens is 1. The van der Waals surface area contributed by atoms with Gasteiger partial charge in [0.1, 0.15) is 0 Å². The standard InChI is InChI=1S/C18H23NO2/c1-11(2)17-14-9-16-15(20-6-5-7-21-16)8-13(14)10-19-18(17)12(3)4/h8-12H,5-7H2,1-4H3. The van der Waals surface area contributed by atoms with Crippen molar-refractivity contribution in [1.82, 2.24) is 4.98 Å². The maximum Gasteiger partial charge on any atom is 0.161 e. The zero-order valence-corrected chi connectivity index (χ0v) is 13.3. The first kappa shape index (κ1) is 14.2. The number of hydrogen-bond donors (Lipinski definition) is 0. The Hall–Kier alpha value is -1.77. The molecule has 0 saturated carbocycles. The van der Waals surface area contributed by atoms with Crippen LogP contribution in [0.4, 0.5) is 0 Å². The third kappa shape index (κ3) is 2.57. The molecule has 3 rings (SSSR count). The Morgan fingerprint density at radius 1 is 0.952 bits per heavy atom. The lowest BCUT2D eigenvalue weighted by Crippen LogP contribution is -2.03. The summed E-state index contributed by atoms with van der Waals surface area (Å²) in [6.07, 6.45) is 2.89. The van der Waals surface area contributed by atoms with Gasteiger partial charge in [-0.3, -0.25) is 4.98 Å². The molecule has 3 nitrogen and oxygen atoms in total. The fraction of sp³-hybridized carbons (Fsp3) is 0.500. The van der Waals surface area contributed by atoms with Crippen molar-refractivity contribution in [3.8, 4) is 11.5 Å². The van der Waals surface area contributed by atoms with Crippen LogP contribution in [0.5, 0.6) is 11.5 Å². The monoisotopic (exact) mass is 285 g/mol. The van der Waals surface area contributed by atoms with Gasteiger partial charge in [0.25, 0.3) is 0 Å². The largest absolute Gasteiger partial charge is 0.490 e. The van der Waals surface area contributed by atoms with Crippen LogP contribution in [-0.4, -0.2) is 18.2 Å². The highest BCUT2D eigenvalue weighted by atomic mass is 16.5. The highest BCUT2D eigenvalue weighted by Gasteiger charge is 2.18. The van der Waals surface area contributed by atoms with Gasteiger partial charge in [-0.05, 0) is 34.9 Å². The fourth-order valence-corrected chi connectivity index (χ4v) is 2.98. The van der Waals surface area contributed by atoms with Crippen LogP contribution in [-0.2, 0) is 0 Å². The van der Waals surface area contributed by atoms with Crippen molar-refractivity contribution in [2.75, 3.05) is 13.2 Å². The Morgan fingerprint density at radius 3 is 2.24 bits per heavy atom. The van der Waals surface area contributed by atoms with Crippen LogP contribution < -0.4 is 9.47 Å². The van der Waals surface area contributed by atoms with Gasteiger partial charge < -0.3 is 9.47 Å². The minimum Gasteiger partial charge on any atom is -0.490 e. The SMILES string of the molecule is CC(C)c1ncc2cc3c(cc2c1C(C)C)OCCCO3. The molecule has 0 fully saturated rings. The van der Waals surface area contributed by atoms with Crippen LogP contribution in [0, 0.1) is 0 Å². The Kier molecular flexibility index (Phi) is 3.75. The van der Waals surface area contributed by atoms with Crippen LogP contribution in [0.1, 0.15) is 57.2 Å². The van der Waals surface area contributed by atoms with Crippen molar-refractivity contribution in [2.24, 2.45) is 0 Å². The zero-order chi connectivity index (χ0) is 15.0. The van der Waals surface area contributed by atoms with Crippen molar-refractivity contribution < 1.29 is 9.47 Å². The van der Waals surface area contributed by atoms with Crippen molar-refractivity contribution in [3.05, 3.63) is 29.6 Å². The molecule has 0 bridgehead atoms. The zero-order valence-electron chi connectivity index (χ0n) is 13.3. The van der Waals surface area contributed by atoms with Gasteiger partial charge in [0.05, 0.1) is 13.2 Å². The highest BCUT2D eigenvalue weighted by molar-refractivity contribution is 5.89. The molecule has 0 radical (unpaired) electrons. The minimum atomic E-state index is 0.419. The van der Waals surface area contributed by atoms with E-state index < -0.39 is 0 Å². The van der Waals surface area contributed by atoms with Gasteiger partial charge in [-0.25, -0.2) is 0 Å². The Bertz CT molecular complexity index is 662. The van der Waals surface area contributed by atoms with Gasteiger partial charge in [0.15, 0.2) is 11.5 Å². The molecule has 2 heterocycles. The molecule has 0 unspecified atom stereocenters. The van der Waals surface area contributed by atoms with E-state index in [0.717, 1.165) is 29.9 Å². The maximum atomic E-state index is 5.85. The van der Waals surface area contributed by atoms with Crippen molar-refractivity contribution in [1.29, 1.82) is 0 Å². The molecule has 1 aromatic carbocycles. The highest BCUT2D eigenvalue weighted by Crippen LogP contribution is 2.38. The van der Waals surface area contributed by atoms with E-state index in [0.29, 0.717) is 18.4 Å². The predicted molar refractivity (Wildman–Crippen MR) is 85.5 cm³/mol. The summed E-state index contributed by atoms with van der Waals surface area (Å²) in [6.45, 7) is 10.3. The third-order valence-electron chi connectivity index (χ3n) is 3.95. The second kappa shape index (κ2) is 5.55. The predicted octanol–water partition coefficient (Wildman–Crippen LogP) is 4.64. The van der Waals surface area contributed by atoms with E-state index >= 15 is 0 Å². The number of fused-ring (bicyclic) bond motifs is 2. The van der Waals surface area contributed by atoms with E-state index in [4.69, 9.17) is 14.5 Å². The molecule has 0 aliphatic carbocycles. The molecule has 2 aromatic rings. The number of hydrogen-bond acceptors (Lipinski definition) is 3. The van der Waals surface area contributed by atoms with Gasteiger partial charge >= 0.3 is 0 Å². The molecule has 0 N–H and O–H groups in total. The Balaban J connectivity index is 2.26.